The number of nitro benzene ring substituents is 1. The average molecular weight is 407 g/mol. The number of hydrogen-bond acceptors (Lipinski definition) is 7. The number of rotatable bonds is 6. The van der Waals surface area contributed by atoms with Gasteiger partial charge in [-0.3, -0.25) is 14.8 Å². The fourth-order valence-electron chi connectivity index (χ4n) is 2.97. The number of hydrogen-bond donors (Lipinski definition) is 1. The molecule has 0 amide bonds. The lowest BCUT2D eigenvalue weighted by molar-refractivity contribution is -0.387. The number of nitrogens with zero attached hydrogens (tertiary/aromatic N) is 2. The molecule has 0 bridgehead atoms. The summed E-state index contributed by atoms with van der Waals surface area (Å²) < 4.78 is 38.3. The van der Waals surface area contributed by atoms with E-state index in [0.717, 1.165) is 30.9 Å². The van der Waals surface area contributed by atoms with Crippen molar-refractivity contribution >= 4 is 27.1 Å². The first-order valence-corrected chi connectivity index (χ1v) is 10.1. The number of methoxy groups -OCH3 is 1. The predicted octanol–water partition coefficient (Wildman–Crippen LogP) is 2.55. The van der Waals surface area contributed by atoms with Crippen LogP contribution in [0.3, 0.4) is 0 Å². The zero-order chi connectivity index (χ0) is 20.3. The SMILES string of the molecule is COc1ccc(S(=O)(=O)Nc2ccc(N3CCOCC3)cc2C)c([N+](=O)[O-])c1. The number of benzene rings is 2. The van der Waals surface area contributed by atoms with Gasteiger partial charge in [0.25, 0.3) is 15.7 Å². The largest absolute Gasteiger partial charge is 0.497 e. The molecular weight excluding hydrogens is 386 g/mol. The Morgan fingerprint density at radius 3 is 2.50 bits per heavy atom. The molecule has 1 aliphatic heterocycles. The van der Waals surface area contributed by atoms with E-state index in [0.29, 0.717) is 24.5 Å². The summed E-state index contributed by atoms with van der Waals surface area (Å²) >= 11 is 0. The van der Waals surface area contributed by atoms with Crippen LogP contribution < -0.4 is 14.4 Å². The minimum atomic E-state index is -4.16. The molecule has 150 valence electrons. The van der Waals surface area contributed by atoms with E-state index in [2.05, 4.69) is 9.62 Å². The van der Waals surface area contributed by atoms with Gasteiger partial charge >= 0.3 is 0 Å². The molecule has 0 aliphatic carbocycles. The molecule has 0 spiro atoms. The zero-order valence-corrected chi connectivity index (χ0v) is 16.4. The Hall–Kier alpha value is -2.85. The van der Waals surface area contributed by atoms with E-state index in [1.807, 2.05) is 12.1 Å². The molecule has 1 N–H and O–H groups in total. The van der Waals surface area contributed by atoms with Gasteiger partial charge in [-0.05, 0) is 42.8 Å². The van der Waals surface area contributed by atoms with Crippen LogP contribution in [0, 0.1) is 17.0 Å². The first-order chi connectivity index (χ1) is 13.3. The number of anilines is 2. The third-order valence-electron chi connectivity index (χ3n) is 4.48. The minimum Gasteiger partial charge on any atom is -0.497 e. The fourth-order valence-corrected chi connectivity index (χ4v) is 4.26. The third kappa shape index (κ3) is 4.18. The molecule has 2 aromatic rings. The van der Waals surface area contributed by atoms with Crippen LogP contribution in [0.15, 0.2) is 41.3 Å². The Morgan fingerprint density at radius 2 is 1.89 bits per heavy atom. The van der Waals surface area contributed by atoms with Gasteiger partial charge in [-0.15, -0.1) is 0 Å². The van der Waals surface area contributed by atoms with Gasteiger partial charge in [-0.2, -0.15) is 0 Å². The monoisotopic (exact) mass is 407 g/mol. The van der Waals surface area contributed by atoms with E-state index in [9.17, 15) is 18.5 Å². The van der Waals surface area contributed by atoms with Crippen LogP contribution in [0.2, 0.25) is 0 Å². The Kier molecular flexibility index (Phi) is 5.71. The highest BCUT2D eigenvalue weighted by molar-refractivity contribution is 7.92. The van der Waals surface area contributed by atoms with Gasteiger partial charge in [-0.1, -0.05) is 0 Å². The maximum Gasteiger partial charge on any atom is 0.293 e. The molecular formula is C18H21N3O6S. The highest BCUT2D eigenvalue weighted by Crippen LogP contribution is 2.31. The summed E-state index contributed by atoms with van der Waals surface area (Å²) in [5.74, 6) is 0.205. The van der Waals surface area contributed by atoms with Crippen molar-refractivity contribution in [1.29, 1.82) is 0 Å². The van der Waals surface area contributed by atoms with Crippen LogP contribution in [0.1, 0.15) is 5.56 Å². The summed E-state index contributed by atoms with van der Waals surface area (Å²) in [6.07, 6.45) is 0. The van der Waals surface area contributed by atoms with Gasteiger partial charge < -0.3 is 14.4 Å². The van der Waals surface area contributed by atoms with Gasteiger partial charge in [0.05, 0.1) is 37.0 Å². The molecule has 2 aromatic carbocycles. The maximum absolute atomic E-state index is 12.8. The van der Waals surface area contributed by atoms with E-state index >= 15 is 0 Å². The van der Waals surface area contributed by atoms with Crippen molar-refractivity contribution in [2.45, 2.75) is 11.8 Å². The summed E-state index contributed by atoms with van der Waals surface area (Å²) in [6, 6.07) is 8.98. The Labute approximate surface area is 163 Å². The highest BCUT2D eigenvalue weighted by atomic mass is 32.2. The van der Waals surface area contributed by atoms with Crippen molar-refractivity contribution < 1.29 is 22.8 Å². The lowest BCUT2D eigenvalue weighted by atomic mass is 10.1. The van der Waals surface area contributed by atoms with Gasteiger partial charge in [0, 0.05) is 18.8 Å². The summed E-state index contributed by atoms with van der Waals surface area (Å²) in [5.41, 5.74) is 1.50. The van der Waals surface area contributed by atoms with Crippen LogP contribution in [-0.4, -0.2) is 46.8 Å². The number of nitrogens with one attached hydrogen (secondary N) is 1. The van der Waals surface area contributed by atoms with Crippen molar-refractivity contribution in [3.8, 4) is 5.75 Å². The van der Waals surface area contributed by atoms with Crippen molar-refractivity contribution in [3.05, 3.63) is 52.1 Å². The standard InChI is InChI=1S/C18H21N3O6S/c1-13-11-14(20-7-9-27-10-8-20)3-5-16(13)19-28(24,25)18-6-4-15(26-2)12-17(18)21(22)23/h3-6,11-12,19H,7-10H2,1-2H3. The van der Waals surface area contributed by atoms with Crippen LogP contribution in [0.25, 0.3) is 0 Å². The number of nitro groups is 1. The van der Waals surface area contributed by atoms with Crippen LogP contribution in [-0.2, 0) is 14.8 Å². The van der Waals surface area contributed by atoms with Crippen molar-refractivity contribution in [1.82, 2.24) is 0 Å². The molecule has 9 nitrogen and oxygen atoms in total. The molecule has 0 unspecified atom stereocenters. The first kappa shape index (κ1) is 19.9. The van der Waals surface area contributed by atoms with Gasteiger partial charge in [0.1, 0.15) is 5.75 Å². The summed E-state index contributed by atoms with van der Waals surface area (Å²) in [5, 5.41) is 11.3. The molecule has 1 fully saturated rings. The molecule has 3 rings (SSSR count). The Bertz CT molecular complexity index is 987. The third-order valence-corrected chi connectivity index (χ3v) is 5.90. The predicted molar refractivity (Wildman–Crippen MR) is 105 cm³/mol. The molecule has 0 aromatic heterocycles. The summed E-state index contributed by atoms with van der Waals surface area (Å²) in [4.78, 5) is 12.3. The summed E-state index contributed by atoms with van der Waals surface area (Å²) in [6.45, 7) is 4.61. The van der Waals surface area contributed by atoms with Crippen molar-refractivity contribution in [2.75, 3.05) is 43.0 Å². The molecule has 10 heteroatoms. The lowest BCUT2D eigenvalue weighted by Crippen LogP contribution is -2.36. The first-order valence-electron chi connectivity index (χ1n) is 8.60. The lowest BCUT2D eigenvalue weighted by Gasteiger charge is -2.29. The molecule has 0 radical (unpaired) electrons. The molecule has 1 saturated heterocycles. The van der Waals surface area contributed by atoms with Gasteiger partial charge in [-0.25, -0.2) is 8.42 Å². The second kappa shape index (κ2) is 8.03. The highest BCUT2D eigenvalue weighted by Gasteiger charge is 2.27. The van der Waals surface area contributed by atoms with Crippen molar-refractivity contribution in [2.24, 2.45) is 0 Å². The molecule has 1 aliphatic rings. The Morgan fingerprint density at radius 1 is 1.18 bits per heavy atom. The van der Waals surface area contributed by atoms with Gasteiger partial charge in [0.2, 0.25) is 0 Å². The molecule has 0 atom stereocenters. The normalized spacial score (nSPS) is 14.6. The quantitative estimate of drug-likeness (QED) is 0.579. The number of sulfonamides is 1. The Balaban J connectivity index is 1.89. The van der Waals surface area contributed by atoms with E-state index < -0.39 is 25.5 Å². The van der Waals surface area contributed by atoms with E-state index in [-0.39, 0.29) is 5.75 Å². The number of aryl methyl sites for hydroxylation is 1. The van der Waals surface area contributed by atoms with E-state index in [1.54, 1.807) is 13.0 Å². The summed E-state index contributed by atoms with van der Waals surface area (Å²) in [7, 11) is -2.80. The molecule has 28 heavy (non-hydrogen) atoms. The van der Waals surface area contributed by atoms with Crippen molar-refractivity contribution in [3.63, 3.8) is 0 Å². The minimum absolute atomic E-state index is 0.205. The number of ether oxygens (including phenoxy) is 2. The smallest absolute Gasteiger partial charge is 0.293 e. The average Bonchev–Trinajstić information content (AvgIpc) is 2.69. The van der Waals surface area contributed by atoms with E-state index in [4.69, 9.17) is 9.47 Å². The van der Waals surface area contributed by atoms with Crippen LogP contribution in [0.5, 0.6) is 5.75 Å². The zero-order valence-electron chi connectivity index (χ0n) is 15.5. The second-order valence-electron chi connectivity index (χ2n) is 6.29. The second-order valence-corrected chi connectivity index (χ2v) is 7.95. The molecule has 0 saturated carbocycles. The topological polar surface area (TPSA) is 111 Å². The van der Waals surface area contributed by atoms with Crippen LogP contribution >= 0.6 is 0 Å². The maximum atomic E-state index is 12.8. The van der Waals surface area contributed by atoms with E-state index in [1.165, 1.54) is 13.2 Å². The fraction of sp³-hybridized carbons (Fsp3) is 0.333. The van der Waals surface area contributed by atoms with Crippen LogP contribution in [0.4, 0.5) is 17.1 Å². The van der Waals surface area contributed by atoms with Gasteiger partial charge in [0.15, 0.2) is 4.90 Å². The molecule has 1 heterocycles. The number of morpholine rings is 1.